The summed E-state index contributed by atoms with van der Waals surface area (Å²) in [5.74, 6) is -6.06. The van der Waals surface area contributed by atoms with E-state index >= 15 is 0 Å². The zero-order valence-corrected chi connectivity index (χ0v) is 50.7. The number of nitrogens with one attached hydrogen (secondary N) is 2. The number of nitrogens with two attached hydrogens (primary N) is 1. The van der Waals surface area contributed by atoms with Crippen LogP contribution in [0.15, 0.2) is 212 Å². The maximum Gasteiger partial charge on any atom is 0.335 e. The molecule has 90 heavy (non-hydrogen) atoms. The van der Waals surface area contributed by atoms with Crippen molar-refractivity contribution in [3.05, 3.63) is 251 Å². The normalized spacial score (nSPS) is 12.6. The van der Waals surface area contributed by atoms with Crippen molar-refractivity contribution in [3.63, 3.8) is 0 Å². The van der Waals surface area contributed by atoms with Crippen LogP contribution >= 0.6 is 0 Å². The standard InChI is InChI=1S/2C27H27NO5.C20H25NO2.CH4/c1-18(27(32)33)14-24(28-26(31)23-9-5-6-20(15-23)17-25(29)30)16-19-10-12-22(13-11-19)21-7-3-2-4-8-21;1-18(26(30)31)14-24(28-25(29)17-20-6-5-9-23(15-20)27(32)33)16-19-10-12-22(13-11-19)21-7-3-2-4-8-21;1-3-23-20(22)15(2)13-19(21)14-16-9-11-18(12-10-16)17-7-5-4-6-8-17;/h2-13,15,18,24H,14,16-17H2,1H3,(H,28,31)(H,29,30)(H,32,33);2-13,15,18,24H,14,16-17H2,1H3,(H,28,29)(H,30,31)(H,32,33);4-12,15,19H,3,13-14,21H2,1-2H3;1H4/t2*18-,24+;15-,19+;/m111./s1. The number of aliphatic carboxylic acids is 3. The second-order valence-electron chi connectivity index (χ2n) is 22.3. The number of benzene rings is 8. The third kappa shape index (κ3) is 23.9. The van der Waals surface area contributed by atoms with Gasteiger partial charge in [-0.3, -0.25) is 28.8 Å². The molecule has 0 aromatic heterocycles. The Bertz CT molecular complexity index is 3560. The van der Waals surface area contributed by atoms with E-state index in [4.69, 9.17) is 20.7 Å². The minimum atomic E-state index is -1.05. The molecule has 0 bridgehead atoms. The van der Waals surface area contributed by atoms with E-state index in [0.29, 0.717) is 42.6 Å². The van der Waals surface area contributed by atoms with Crippen molar-refractivity contribution in [2.24, 2.45) is 23.5 Å². The second kappa shape index (κ2) is 36.4. The van der Waals surface area contributed by atoms with Crippen LogP contribution in [-0.2, 0) is 60.8 Å². The Morgan fingerprint density at radius 1 is 0.422 bits per heavy atom. The molecule has 0 spiro atoms. The van der Waals surface area contributed by atoms with E-state index in [1.165, 1.54) is 28.8 Å². The van der Waals surface area contributed by atoms with Crippen LogP contribution in [0.25, 0.3) is 33.4 Å². The molecule has 2 amide bonds. The molecule has 8 aromatic rings. The number of rotatable bonds is 27. The summed E-state index contributed by atoms with van der Waals surface area (Å²) >= 11 is 0. The summed E-state index contributed by atoms with van der Waals surface area (Å²) < 4.78 is 5.02. The number of carbonyl (C=O) groups excluding carboxylic acids is 3. The SMILES string of the molecule is C.CCOC(=O)[C@H](C)C[C@H](N)Cc1ccc(-c2ccccc2)cc1.C[C@H](C[C@@H](Cc1ccc(-c2ccccc2)cc1)NC(=O)Cc1cccc(C(=O)O)c1)C(=O)O.C[C@H](C[C@@H](Cc1ccc(-c2ccccc2)cc1)NC(=O)c1cccc(CC(=O)O)c1)C(=O)O. The summed E-state index contributed by atoms with van der Waals surface area (Å²) in [5.41, 5.74) is 17.7. The van der Waals surface area contributed by atoms with Crippen LogP contribution in [0.5, 0.6) is 0 Å². The van der Waals surface area contributed by atoms with Gasteiger partial charge < -0.3 is 41.5 Å². The third-order valence-electron chi connectivity index (χ3n) is 14.9. The van der Waals surface area contributed by atoms with E-state index in [9.17, 15) is 43.8 Å². The fourth-order valence-electron chi connectivity index (χ4n) is 10.2. The van der Waals surface area contributed by atoms with Gasteiger partial charge in [0.15, 0.2) is 0 Å². The number of ether oxygens (including phenoxy) is 1. The van der Waals surface area contributed by atoms with Crippen LogP contribution in [0.3, 0.4) is 0 Å². The second-order valence-corrected chi connectivity index (χ2v) is 22.3. The van der Waals surface area contributed by atoms with E-state index in [1.807, 2.05) is 141 Å². The van der Waals surface area contributed by atoms with Crippen molar-refractivity contribution in [1.82, 2.24) is 10.6 Å². The van der Waals surface area contributed by atoms with Crippen molar-refractivity contribution in [2.75, 3.05) is 6.61 Å². The molecule has 0 unspecified atom stereocenters. The van der Waals surface area contributed by atoms with E-state index < -0.39 is 41.8 Å². The van der Waals surface area contributed by atoms with Gasteiger partial charge in [-0.05, 0) is 131 Å². The highest BCUT2D eigenvalue weighted by molar-refractivity contribution is 5.95. The monoisotopic (exact) mass is 1220 g/mol. The van der Waals surface area contributed by atoms with Crippen molar-refractivity contribution in [2.45, 2.75) is 105 Å². The highest BCUT2D eigenvalue weighted by Gasteiger charge is 2.24. The minimum Gasteiger partial charge on any atom is -0.481 e. The van der Waals surface area contributed by atoms with Crippen molar-refractivity contribution in [3.8, 4) is 33.4 Å². The molecular formula is C75H83N3O12. The lowest BCUT2D eigenvalue weighted by Crippen LogP contribution is -2.39. The van der Waals surface area contributed by atoms with E-state index in [2.05, 4.69) is 47.0 Å². The highest BCUT2D eigenvalue weighted by atomic mass is 16.5. The Kier molecular flexibility index (Phi) is 28.6. The van der Waals surface area contributed by atoms with Gasteiger partial charge in [0, 0.05) is 23.7 Å². The number of carboxylic acid groups (broad SMARTS) is 4. The average Bonchev–Trinajstić information content (AvgIpc) is 1.96. The number of amides is 2. The average molecular weight is 1220 g/mol. The summed E-state index contributed by atoms with van der Waals surface area (Å²) in [4.78, 5) is 82.2. The van der Waals surface area contributed by atoms with Gasteiger partial charge in [-0.25, -0.2) is 4.79 Å². The Labute approximate surface area is 528 Å². The molecule has 15 nitrogen and oxygen atoms in total. The van der Waals surface area contributed by atoms with Gasteiger partial charge in [-0.1, -0.05) is 216 Å². The van der Waals surface area contributed by atoms with Gasteiger partial charge >= 0.3 is 29.8 Å². The van der Waals surface area contributed by atoms with E-state index in [1.54, 1.807) is 50.2 Å². The molecule has 8 N–H and O–H groups in total. The number of hydrogen-bond acceptors (Lipinski definition) is 9. The Hall–Kier alpha value is -9.99. The van der Waals surface area contributed by atoms with Crippen molar-refractivity contribution in [1.29, 1.82) is 0 Å². The molecule has 0 aliphatic carbocycles. The lowest BCUT2D eigenvalue weighted by Gasteiger charge is -2.21. The van der Waals surface area contributed by atoms with Gasteiger partial charge in [0.05, 0.1) is 42.8 Å². The number of hydrogen-bond donors (Lipinski definition) is 7. The first kappa shape index (κ1) is 70.8. The van der Waals surface area contributed by atoms with Crippen LogP contribution in [0.1, 0.15) is 103 Å². The van der Waals surface area contributed by atoms with Gasteiger partial charge in [-0.15, -0.1) is 0 Å². The van der Waals surface area contributed by atoms with Gasteiger partial charge in [0.25, 0.3) is 5.91 Å². The van der Waals surface area contributed by atoms with Crippen molar-refractivity contribution < 1.29 is 58.7 Å². The Morgan fingerprint density at radius 3 is 1.20 bits per heavy atom. The van der Waals surface area contributed by atoms with Gasteiger partial charge in [-0.2, -0.15) is 0 Å². The third-order valence-corrected chi connectivity index (χ3v) is 14.9. The summed E-state index contributed by atoms with van der Waals surface area (Å²) in [6.45, 7) is 7.35. The van der Waals surface area contributed by atoms with E-state index in [-0.39, 0.29) is 74.5 Å². The highest BCUT2D eigenvalue weighted by Crippen LogP contribution is 2.25. The largest absolute Gasteiger partial charge is 0.481 e. The molecule has 470 valence electrons. The number of carboxylic acids is 4. The minimum absolute atomic E-state index is 0. The molecule has 8 rings (SSSR count). The molecular weight excluding hydrogens is 1130 g/mol. The Morgan fingerprint density at radius 2 is 0.800 bits per heavy atom. The number of carbonyl (C=O) groups is 7. The fraction of sp³-hybridized carbons (Fsp3) is 0.267. The van der Waals surface area contributed by atoms with E-state index in [0.717, 1.165) is 39.8 Å². The first-order chi connectivity index (χ1) is 42.7. The smallest absolute Gasteiger partial charge is 0.335 e. The summed E-state index contributed by atoms with van der Waals surface area (Å²) in [6.07, 6.45) is 2.78. The topological polar surface area (TPSA) is 260 Å². The summed E-state index contributed by atoms with van der Waals surface area (Å²) in [5, 5.41) is 42.7. The Balaban J connectivity index is 0.000000249. The number of esters is 1. The predicted molar refractivity (Wildman–Crippen MR) is 353 cm³/mol. The molecule has 0 aliphatic heterocycles. The fourth-order valence-corrected chi connectivity index (χ4v) is 10.2. The molecule has 6 atom stereocenters. The molecule has 8 aromatic carbocycles. The summed E-state index contributed by atoms with van der Waals surface area (Å²) in [6, 6.07) is 66.6. The molecule has 0 saturated carbocycles. The molecule has 0 heterocycles. The summed E-state index contributed by atoms with van der Waals surface area (Å²) in [7, 11) is 0. The predicted octanol–water partition coefficient (Wildman–Crippen LogP) is 13.3. The van der Waals surface area contributed by atoms with Gasteiger partial charge in [0.1, 0.15) is 0 Å². The first-order valence-electron chi connectivity index (χ1n) is 29.8. The van der Waals surface area contributed by atoms with Crippen LogP contribution in [0.4, 0.5) is 0 Å². The molecule has 0 aliphatic rings. The number of aromatic carboxylic acids is 1. The molecule has 0 radical (unpaired) electrons. The quantitative estimate of drug-likeness (QED) is 0.0237. The van der Waals surface area contributed by atoms with Crippen molar-refractivity contribution >= 4 is 41.7 Å². The van der Waals surface area contributed by atoms with Crippen LogP contribution in [-0.4, -0.2) is 86.8 Å². The van der Waals surface area contributed by atoms with Crippen LogP contribution < -0.4 is 16.4 Å². The van der Waals surface area contributed by atoms with Gasteiger partial charge in [0.2, 0.25) is 5.91 Å². The molecule has 15 heteroatoms. The molecule has 0 fully saturated rings. The zero-order valence-electron chi connectivity index (χ0n) is 50.7. The zero-order chi connectivity index (χ0) is 64.2. The maximum absolute atomic E-state index is 12.9. The van der Waals surface area contributed by atoms with Crippen LogP contribution in [0, 0.1) is 17.8 Å². The molecule has 0 saturated heterocycles. The maximum atomic E-state index is 12.9. The lowest BCUT2D eigenvalue weighted by molar-refractivity contribution is -0.148. The van der Waals surface area contributed by atoms with Crippen LogP contribution in [0.2, 0.25) is 0 Å². The first-order valence-corrected chi connectivity index (χ1v) is 29.8. The lowest BCUT2D eigenvalue weighted by atomic mass is 9.94.